The van der Waals surface area contributed by atoms with E-state index in [4.69, 9.17) is 5.53 Å². The first-order chi connectivity index (χ1) is 8.95. The van der Waals surface area contributed by atoms with Crippen molar-refractivity contribution in [2.75, 3.05) is 6.54 Å². The molecule has 1 aliphatic heterocycles. The first-order valence-electron chi connectivity index (χ1n) is 6.08. The van der Waals surface area contributed by atoms with Gasteiger partial charge in [0.1, 0.15) is 0 Å². The van der Waals surface area contributed by atoms with Crippen LogP contribution in [-0.4, -0.2) is 31.4 Å². The predicted molar refractivity (Wildman–Crippen MR) is 72.1 cm³/mol. The normalized spacial score (nSPS) is 24.1. The lowest BCUT2D eigenvalue weighted by molar-refractivity contribution is 0.407. The molecule has 6 nitrogen and oxygen atoms in total. The second-order valence-electron chi connectivity index (χ2n) is 4.83. The third kappa shape index (κ3) is 2.73. The minimum atomic E-state index is -3.51. The summed E-state index contributed by atoms with van der Waals surface area (Å²) in [5.74, 6) is 0. The molecule has 0 bridgehead atoms. The van der Waals surface area contributed by atoms with Gasteiger partial charge in [0.2, 0.25) is 10.0 Å². The minimum Gasteiger partial charge on any atom is -0.207 e. The molecule has 0 unspecified atom stereocenters. The minimum absolute atomic E-state index is 0.151. The van der Waals surface area contributed by atoms with Crippen LogP contribution in [0.15, 0.2) is 34.3 Å². The summed E-state index contributed by atoms with van der Waals surface area (Å²) in [6, 6.07) is 6.34. The van der Waals surface area contributed by atoms with Gasteiger partial charge in [-0.15, -0.1) is 0 Å². The number of hydrogen-bond donors (Lipinski definition) is 0. The van der Waals surface area contributed by atoms with Crippen molar-refractivity contribution in [1.29, 1.82) is 0 Å². The van der Waals surface area contributed by atoms with E-state index in [2.05, 4.69) is 10.0 Å². The van der Waals surface area contributed by atoms with Crippen LogP contribution in [0.5, 0.6) is 0 Å². The third-order valence-corrected chi connectivity index (χ3v) is 5.33. The molecule has 19 heavy (non-hydrogen) atoms. The van der Waals surface area contributed by atoms with Crippen molar-refractivity contribution in [3.8, 4) is 0 Å². The Bertz CT molecular complexity index is 605. The molecule has 1 fully saturated rings. The molecule has 7 heteroatoms. The van der Waals surface area contributed by atoms with Crippen LogP contribution >= 0.6 is 0 Å². The Labute approximate surface area is 112 Å². The summed E-state index contributed by atoms with van der Waals surface area (Å²) in [6.45, 7) is 3.99. The summed E-state index contributed by atoms with van der Waals surface area (Å²) in [5.41, 5.74) is 9.45. The predicted octanol–water partition coefficient (Wildman–Crippen LogP) is 2.46. The van der Waals surface area contributed by atoms with Gasteiger partial charge in [0.25, 0.3) is 0 Å². The number of nitrogens with zero attached hydrogens (tertiary/aromatic N) is 4. The van der Waals surface area contributed by atoms with Crippen LogP contribution in [0.4, 0.5) is 0 Å². The van der Waals surface area contributed by atoms with Gasteiger partial charge in [0, 0.05) is 17.5 Å². The van der Waals surface area contributed by atoms with Gasteiger partial charge in [-0.05, 0) is 37.9 Å². The lowest BCUT2D eigenvalue weighted by atomic mass is 10.2. The molecular weight excluding hydrogens is 264 g/mol. The fraction of sp³-hybridized carbons (Fsp3) is 0.500. The van der Waals surface area contributed by atoms with E-state index >= 15 is 0 Å². The van der Waals surface area contributed by atoms with E-state index in [1.54, 1.807) is 24.3 Å². The molecule has 1 aliphatic rings. The van der Waals surface area contributed by atoms with Crippen molar-refractivity contribution in [3.63, 3.8) is 0 Å². The molecule has 0 radical (unpaired) electrons. The van der Waals surface area contributed by atoms with E-state index in [1.165, 1.54) is 4.31 Å². The molecule has 1 saturated heterocycles. The highest BCUT2D eigenvalue weighted by Crippen LogP contribution is 2.27. The van der Waals surface area contributed by atoms with Crippen LogP contribution in [0.1, 0.15) is 18.9 Å². The van der Waals surface area contributed by atoms with E-state index in [-0.39, 0.29) is 23.5 Å². The van der Waals surface area contributed by atoms with Crippen LogP contribution in [0, 0.1) is 6.92 Å². The fourth-order valence-electron chi connectivity index (χ4n) is 2.31. The topological polar surface area (TPSA) is 86.1 Å². The zero-order valence-electron chi connectivity index (χ0n) is 10.9. The molecule has 0 N–H and O–H groups in total. The van der Waals surface area contributed by atoms with Crippen LogP contribution < -0.4 is 0 Å². The Hall–Kier alpha value is -1.56. The highest BCUT2D eigenvalue weighted by atomic mass is 32.2. The van der Waals surface area contributed by atoms with E-state index < -0.39 is 10.0 Å². The molecule has 2 atom stereocenters. The number of azide groups is 1. The van der Waals surface area contributed by atoms with Gasteiger partial charge in [-0.1, -0.05) is 22.8 Å². The number of aryl methyl sites for hydroxylation is 1. The van der Waals surface area contributed by atoms with Gasteiger partial charge in [0.05, 0.1) is 10.9 Å². The molecule has 1 aromatic carbocycles. The summed E-state index contributed by atoms with van der Waals surface area (Å²) in [4.78, 5) is 3.04. The Morgan fingerprint density at radius 2 is 2.00 bits per heavy atom. The standard InChI is InChI=1S/C12H16N4O2S/c1-9-3-5-12(6-4-9)19(17,18)16-8-11(14-15-13)7-10(16)2/h3-6,10-11H,7-8H2,1-2H3/t10-,11+/m0/s1. The Morgan fingerprint density at radius 3 is 2.58 bits per heavy atom. The Balaban J connectivity index is 2.30. The second kappa shape index (κ2) is 5.21. The molecule has 2 rings (SSSR count). The summed E-state index contributed by atoms with van der Waals surface area (Å²) in [5, 5.41) is 3.62. The molecule has 0 saturated carbocycles. The molecule has 0 aromatic heterocycles. The largest absolute Gasteiger partial charge is 0.243 e. The quantitative estimate of drug-likeness (QED) is 0.484. The molecule has 0 aliphatic carbocycles. The number of benzene rings is 1. The van der Waals surface area contributed by atoms with Gasteiger partial charge >= 0.3 is 0 Å². The molecular formula is C12H16N4O2S. The van der Waals surface area contributed by atoms with Gasteiger partial charge in [-0.2, -0.15) is 4.31 Å². The lowest BCUT2D eigenvalue weighted by Gasteiger charge is -2.20. The van der Waals surface area contributed by atoms with Crippen molar-refractivity contribution in [2.24, 2.45) is 5.11 Å². The van der Waals surface area contributed by atoms with Crippen molar-refractivity contribution in [2.45, 2.75) is 37.2 Å². The van der Waals surface area contributed by atoms with Crippen molar-refractivity contribution in [3.05, 3.63) is 40.3 Å². The maximum atomic E-state index is 12.5. The van der Waals surface area contributed by atoms with Crippen LogP contribution in [0.2, 0.25) is 0 Å². The maximum Gasteiger partial charge on any atom is 0.243 e. The van der Waals surface area contributed by atoms with E-state index in [0.29, 0.717) is 6.42 Å². The van der Waals surface area contributed by atoms with E-state index in [9.17, 15) is 8.42 Å². The smallest absolute Gasteiger partial charge is 0.207 e. The van der Waals surface area contributed by atoms with Crippen LogP contribution in [0.25, 0.3) is 10.4 Å². The fourth-order valence-corrected chi connectivity index (χ4v) is 3.99. The van der Waals surface area contributed by atoms with Crippen molar-refractivity contribution < 1.29 is 8.42 Å². The molecule has 0 amide bonds. The average Bonchev–Trinajstić information content (AvgIpc) is 2.72. The Morgan fingerprint density at radius 1 is 1.37 bits per heavy atom. The average molecular weight is 280 g/mol. The summed E-state index contributed by atoms with van der Waals surface area (Å²) in [7, 11) is -3.51. The summed E-state index contributed by atoms with van der Waals surface area (Å²) < 4.78 is 26.4. The van der Waals surface area contributed by atoms with Gasteiger partial charge < -0.3 is 0 Å². The van der Waals surface area contributed by atoms with E-state index in [1.807, 2.05) is 13.8 Å². The Kier molecular flexibility index (Phi) is 3.80. The maximum absolute atomic E-state index is 12.5. The van der Waals surface area contributed by atoms with Crippen LogP contribution in [0.3, 0.4) is 0 Å². The van der Waals surface area contributed by atoms with Gasteiger partial charge in [-0.25, -0.2) is 8.42 Å². The van der Waals surface area contributed by atoms with Gasteiger partial charge in [-0.3, -0.25) is 0 Å². The van der Waals surface area contributed by atoms with Crippen molar-refractivity contribution >= 4 is 10.0 Å². The first kappa shape index (κ1) is 13.9. The molecule has 1 heterocycles. The molecule has 0 spiro atoms. The highest BCUT2D eigenvalue weighted by molar-refractivity contribution is 7.89. The SMILES string of the molecule is Cc1ccc(S(=O)(=O)N2C[C@H](N=[N+]=[N-])C[C@@H]2C)cc1. The zero-order chi connectivity index (χ0) is 14.0. The summed E-state index contributed by atoms with van der Waals surface area (Å²) in [6.07, 6.45) is 0.565. The number of hydrogen-bond acceptors (Lipinski definition) is 3. The molecule has 102 valence electrons. The van der Waals surface area contributed by atoms with Crippen LogP contribution in [-0.2, 0) is 10.0 Å². The van der Waals surface area contributed by atoms with E-state index in [0.717, 1.165) is 5.56 Å². The molecule has 1 aromatic rings. The summed E-state index contributed by atoms with van der Waals surface area (Å²) >= 11 is 0. The third-order valence-electron chi connectivity index (χ3n) is 3.34. The second-order valence-corrected chi connectivity index (χ2v) is 6.72. The van der Waals surface area contributed by atoms with Crippen molar-refractivity contribution in [1.82, 2.24) is 4.31 Å². The monoisotopic (exact) mass is 280 g/mol. The number of sulfonamides is 1. The number of rotatable bonds is 3. The first-order valence-corrected chi connectivity index (χ1v) is 7.52. The highest BCUT2D eigenvalue weighted by Gasteiger charge is 2.37. The van der Waals surface area contributed by atoms with Gasteiger partial charge in [0.15, 0.2) is 0 Å². The zero-order valence-corrected chi connectivity index (χ0v) is 11.7. The lowest BCUT2D eigenvalue weighted by Crippen LogP contribution is -2.34.